The lowest BCUT2D eigenvalue weighted by molar-refractivity contribution is -0.155. The molecular weight excluding hydrogens is 553 g/mol. The van der Waals surface area contributed by atoms with Crippen LogP contribution < -0.4 is 0 Å². The molecular formula is C29H48INO2S. The van der Waals surface area contributed by atoms with E-state index in [4.69, 9.17) is 4.74 Å². The Kier molecular flexibility index (Phi) is 7.19. The first-order valence-corrected chi connectivity index (χ1v) is 17.7. The van der Waals surface area contributed by atoms with E-state index in [9.17, 15) is 4.79 Å². The first-order valence-electron chi connectivity index (χ1n) is 14.3. The van der Waals surface area contributed by atoms with Gasteiger partial charge in [-0.1, -0.05) is 53.9 Å². The Morgan fingerprint density at radius 2 is 1.85 bits per heavy atom. The summed E-state index contributed by atoms with van der Waals surface area (Å²) in [6.07, 6.45) is 14.9. The molecule has 0 amide bonds. The van der Waals surface area contributed by atoms with Crippen molar-refractivity contribution in [1.29, 1.82) is 0 Å². The molecule has 1 aliphatic heterocycles. The summed E-state index contributed by atoms with van der Waals surface area (Å²) in [5.41, 5.74) is 1.19. The summed E-state index contributed by atoms with van der Waals surface area (Å²) in [4.78, 5) is 11.8. The zero-order valence-corrected chi connectivity index (χ0v) is 25.4. The molecule has 1 unspecified atom stereocenters. The molecule has 1 heterocycles. The van der Waals surface area contributed by atoms with Gasteiger partial charge in [-0.25, -0.2) is 4.31 Å². The number of esters is 1. The van der Waals surface area contributed by atoms with Gasteiger partial charge in [0.15, 0.2) is 0 Å². The standard InChI is InChI=1S/C29H48INO2S/c1-18(2)8-7-9-19(3)23-10-11-24-22-16-26-29(31(26)34-30)17-21(33-20(4)32)12-15-28(29,6)25(22)13-14-27(23,24)5/h18-19,21-26H,7-17H2,1-6H3/t19-,21+,22+,23-,24+,25+,26-,27-,28-,29-,31?/m1/s1. The molecule has 1 spiro atoms. The van der Waals surface area contributed by atoms with Gasteiger partial charge < -0.3 is 4.74 Å². The van der Waals surface area contributed by atoms with Crippen LogP contribution in [0.1, 0.15) is 112 Å². The van der Waals surface area contributed by atoms with E-state index in [1.165, 1.54) is 57.8 Å². The monoisotopic (exact) mass is 601 g/mol. The lowest BCUT2D eigenvalue weighted by Crippen LogP contribution is -2.59. The van der Waals surface area contributed by atoms with Crippen LogP contribution in [0, 0.1) is 46.3 Å². The number of nitrogens with zero attached hydrogens (tertiary/aromatic N) is 1. The summed E-state index contributed by atoms with van der Waals surface area (Å²) in [7, 11) is 1.94. The Bertz CT molecular complexity index is 792. The van der Waals surface area contributed by atoms with Gasteiger partial charge in [0.2, 0.25) is 0 Å². The van der Waals surface area contributed by atoms with Crippen molar-refractivity contribution in [3.63, 3.8) is 0 Å². The lowest BCUT2D eigenvalue weighted by Gasteiger charge is -2.60. The van der Waals surface area contributed by atoms with E-state index in [1.54, 1.807) is 6.92 Å². The number of hydrogen-bond donors (Lipinski definition) is 0. The highest BCUT2D eigenvalue weighted by Crippen LogP contribution is 2.77. The van der Waals surface area contributed by atoms with Crippen LogP contribution in [-0.2, 0) is 9.53 Å². The number of ether oxygens (including phenoxy) is 1. The molecule has 5 rings (SSSR count). The molecule has 0 N–H and O–H groups in total. The molecule has 5 fully saturated rings. The van der Waals surface area contributed by atoms with Gasteiger partial charge in [0.25, 0.3) is 0 Å². The lowest BCUT2D eigenvalue weighted by atomic mass is 9.44. The first-order chi connectivity index (χ1) is 16.1. The smallest absolute Gasteiger partial charge is 0.302 e. The SMILES string of the molecule is CC(=O)O[C@H]1CC[C@]2(C)[C@H]3CC[C@]4(C)[C@@H]([C@H](C)CCCC(C)C)CC[C@H]4[C@@H]3C[C@H]3N(SI)[C@]32C1. The molecule has 0 aromatic heterocycles. The van der Waals surface area contributed by atoms with Gasteiger partial charge in [-0.3, -0.25) is 4.79 Å². The fourth-order valence-electron chi connectivity index (χ4n) is 10.5. The van der Waals surface area contributed by atoms with Crippen molar-refractivity contribution in [3.8, 4) is 0 Å². The molecule has 0 radical (unpaired) electrons. The summed E-state index contributed by atoms with van der Waals surface area (Å²) in [6, 6.07) is 0.684. The normalized spacial score (nSPS) is 50.1. The minimum atomic E-state index is -0.0995. The zero-order chi connectivity index (χ0) is 24.5. The summed E-state index contributed by atoms with van der Waals surface area (Å²) >= 11 is 2.52. The molecule has 0 bridgehead atoms. The molecule has 5 aliphatic rings. The van der Waals surface area contributed by atoms with Crippen LogP contribution in [0.25, 0.3) is 0 Å². The minimum absolute atomic E-state index is 0.0995. The third kappa shape index (κ3) is 3.85. The van der Waals surface area contributed by atoms with Gasteiger partial charge in [0.1, 0.15) is 6.10 Å². The molecule has 5 heteroatoms. The average Bonchev–Trinajstić information content (AvgIpc) is 3.23. The Labute approximate surface area is 225 Å². The second kappa shape index (κ2) is 9.36. The Morgan fingerprint density at radius 1 is 1.09 bits per heavy atom. The van der Waals surface area contributed by atoms with E-state index >= 15 is 0 Å². The third-order valence-electron chi connectivity index (χ3n) is 12.0. The summed E-state index contributed by atoms with van der Waals surface area (Å²) in [5, 5.41) is 0. The van der Waals surface area contributed by atoms with E-state index in [2.05, 4.69) is 60.1 Å². The second-order valence-corrected chi connectivity index (χ2v) is 15.6. The Hall–Kier alpha value is 0.510. The quantitative estimate of drug-likeness (QED) is 0.127. The van der Waals surface area contributed by atoms with Crippen molar-refractivity contribution in [3.05, 3.63) is 0 Å². The average molecular weight is 602 g/mol. The Balaban J connectivity index is 1.35. The maximum atomic E-state index is 11.8. The fourth-order valence-corrected chi connectivity index (χ4v) is 13.2. The highest BCUT2D eigenvalue weighted by atomic mass is 127. The number of carbonyl (C=O) groups excluding carboxylic acids is 1. The molecule has 11 atom stereocenters. The van der Waals surface area contributed by atoms with Gasteiger partial charge in [-0.2, -0.15) is 0 Å². The van der Waals surface area contributed by atoms with Crippen LogP contribution in [0.15, 0.2) is 0 Å². The zero-order valence-electron chi connectivity index (χ0n) is 22.4. The summed E-state index contributed by atoms with van der Waals surface area (Å²) in [5.74, 6) is 5.22. The molecule has 194 valence electrons. The predicted octanol–water partition coefficient (Wildman–Crippen LogP) is 8.45. The first kappa shape index (κ1) is 26.1. The van der Waals surface area contributed by atoms with E-state index in [0.717, 1.165) is 48.3 Å². The van der Waals surface area contributed by atoms with E-state index in [1.807, 2.05) is 9.12 Å². The van der Waals surface area contributed by atoms with Crippen LogP contribution in [0.4, 0.5) is 0 Å². The predicted molar refractivity (Wildman–Crippen MR) is 150 cm³/mol. The van der Waals surface area contributed by atoms with Crippen molar-refractivity contribution in [2.75, 3.05) is 0 Å². The molecule has 4 saturated carbocycles. The number of fused-ring (bicyclic) bond motifs is 4. The summed E-state index contributed by atoms with van der Waals surface area (Å²) in [6.45, 7) is 14.3. The van der Waals surface area contributed by atoms with Crippen molar-refractivity contribution in [2.24, 2.45) is 46.3 Å². The molecule has 4 aliphatic carbocycles. The molecule has 3 nitrogen and oxygen atoms in total. The van der Waals surface area contributed by atoms with Crippen molar-refractivity contribution in [2.45, 2.75) is 130 Å². The Morgan fingerprint density at radius 3 is 2.53 bits per heavy atom. The maximum Gasteiger partial charge on any atom is 0.302 e. The van der Waals surface area contributed by atoms with E-state index in [-0.39, 0.29) is 17.6 Å². The molecule has 0 aromatic carbocycles. The number of rotatable bonds is 7. The van der Waals surface area contributed by atoms with Gasteiger partial charge in [0, 0.05) is 40.6 Å². The fraction of sp³-hybridized carbons (Fsp3) is 0.966. The van der Waals surface area contributed by atoms with Crippen LogP contribution >= 0.6 is 30.3 Å². The maximum absolute atomic E-state index is 11.8. The largest absolute Gasteiger partial charge is 0.462 e. The summed E-state index contributed by atoms with van der Waals surface area (Å²) < 4.78 is 8.55. The van der Waals surface area contributed by atoms with Crippen LogP contribution in [-0.4, -0.2) is 28.0 Å². The highest BCUT2D eigenvalue weighted by Gasteiger charge is 2.79. The third-order valence-corrected chi connectivity index (χ3v) is 14.0. The van der Waals surface area contributed by atoms with Crippen LogP contribution in [0.3, 0.4) is 0 Å². The van der Waals surface area contributed by atoms with Crippen LogP contribution in [0.5, 0.6) is 0 Å². The number of carbonyl (C=O) groups is 1. The second-order valence-electron chi connectivity index (χ2n) is 13.9. The van der Waals surface area contributed by atoms with Gasteiger partial charge in [-0.05, 0) is 100 Å². The highest BCUT2D eigenvalue weighted by molar-refractivity contribution is 14.2. The van der Waals surface area contributed by atoms with E-state index in [0.29, 0.717) is 16.9 Å². The topological polar surface area (TPSA) is 29.3 Å². The molecule has 0 aromatic rings. The van der Waals surface area contributed by atoms with Crippen LogP contribution in [0.2, 0.25) is 0 Å². The van der Waals surface area contributed by atoms with Gasteiger partial charge in [0.05, 0.1) is 5.54 Å². The van der Waals surface area contributed by atoms with Crippen molar-refractivity contribution in [1.82, 2.24) is 4.31 Å². The van der Waals surface area contributed by atoms with Gasteiger partial charge >= 0.3 is 5.97 Å². The number of hydrogen-bond acceptors (Lipinski definition) is 4. The minimum Gasteiger partial charge on any atom is -0.462 e. The molecule has 34 heavy (non-hydrogen) atoms. The van der Waals surface area contributed by atoms with Gasteiger partial charge in [-0.15, -0.1) is 0 Å². The van der Waals surface area contributed by atoms with Crippen molar-refractivity contribution >= 4 is 36.3 Å². The van der Waals surface area contributed by atoms with E-state index < -0.39 is 0 Å². The van der Waals surface area contributed by atoms with Crippen molar-refractivity contribution < 1.29 is 9.53 Å². The molecule has 1 saturated heterocycles. The number of halogens is 1.